The standard InChI is InChI=1S/C16H17N3O2/c1-19-10-13-14(21-11-16(19)20)7-8-15(18-13)17-9-12-5-3-2-4-6-12/h2-8H,9-11H2,1H3,(H,17,18). The molecule has 21 heavy (non-hydrogen) atoms. The number of nitrogens with one attached hydrogen (secondary N) is 1. The zero-order valence-electron chi connectivity index (χ0n) is 11.9. The summed E-state index contributed by atoms with van der Waals surface area (Å²) in [5.74, 6) is 1.42. The molecule has 1 N–H and O–H groups in total. The summed E-state index contributed by atoms with van der Waals surface area (Å²) in [6.07, 6.45) is 0. The van der Waals surface area contributed by atoms with Crippen molar-refractivity contribution in [2.75, 3.05) is 19.0 Å². The summed E-state index contributed by atoms with van der Waals surface area (Å²) in [6.45, 7) is 1.25. The topological polar surface area (TPSA) is 54.5 Å². The van der Waals surface area contributed by atoms with Crippen molar-refractivity contribution < 1.29 is 9.53 Å². The molecule has 0 saturated carbocycles. The van der Waals surface area contributed by atoms with Crippen LogP contribution in [0.2, 0.25) is 0 Å². The maximum absolute atomic E-state index is 11.6. The number of pyridine rings is 1. The molecule has 0 fully saturated rings. The zero-order chi connectivity index (χ0) is 14.7. The third-order valence-corrected chi connectivity index (χ3v) is 3.41. The molecule has 0 atom stereocenters. The van der Waals surface area contributed by atoms with Gasteiger partial charge in [0, 0.05) is 13.6 Å². The van der Waals surface area contributed by atoms with E-state index in [1.54, 1.807) is 11.9 Å². The Morgan fingerprint density at radius 2 is 2.05 bits per heavy atom. The van der Waals surface area contributed by atoms with E-state index in [2.05, 4.69) is 22.4 Å². The average Bonchev–Trinajstić information content (AvgIpc) is 2.65. The Morgan fingerprint density at radius 3 is 2.86 bits per heavy atom. The molecular formula is C16H17N3O2. The summed E-state index contributed by atoms with van der Waals surface area (Å²) in [7, 11) is 1.76. The lowest BCUT2D eigenvalue weighted by atomic mass is 10.2. The van der Waals surface area contributed by atoms with Crippen molar-refractivity contribution >= 4 is 11.7 Å². The lowest BCUT2D eigenvalue weighted by molar-refractivity contribution is -0.131. The maximum atomic E-state index is 11.6. The van der Waals surface area contributed by atoms with Crippen LogP contribution in [-0.2, 0) is 17.9 Å². The van der Waals surface area contributed by atoms with Gasteiger partial charge in [0.2, 0.25) is 0 Å². The summed E-state index contributed by atoms with van der Waals surface area (Å²) < 4.78 is 5.47. The molecule has 1 amide bonds. The Bertz CT molecular complexity index is 643. The number of likely N-dealkylation sites (N-methyl/N-ethyl adjacent to an activating group) is 1. The quantitative estimate of drug-likeness (QED) is 0.936. The first-order valence-electron chi connectivity index (χ1n) is 6.87. The van der Waals surface area contributed by atoms with E-state index >= 15 is 0 Å². The summed E-state index contributed by atoms with van der Waals surface area (Å²) in [5.41, 5.74) is 1.97. The fraction of sp³-hybridized carbons (Fsp3) is 0.250. The van der Waals surface area contributed by atoms with Gasteiger partial charge in [0.25, 0.3) is 5.91 Å². The molecule has 1 aliphatic rings. The lowest BCUT2D eigenvalue weighted by Gasteiger charge is -2.13. The number of amides is 1. The molecular weight excluding hydrogens is 266 g/mol. The number of hydrogen-bond donors (Lipinski definition) is 1. The van der Waals surface area contributed by atoms with Crippen molar-refractivity contribution in [3.63, 3.8) is 0 Å². The first-order valence-corrected chi connectivity index (χ1v) is 6.87. The predicted molar refractivity (Wildman–Crippen MR) is 80.0 cm³/mol. The van der Waals surface area contributed by atoms with Crippen LogP contribution in [0.5, 0.6) is 5.75 Å². The van der Waals surface area contributed by atoms with Gasteiger partial charge in [-0.2, -0.15) is 0 Å². The molecule has 0 unspecified atom stereocenters. The maximum Gasteiger partial charge on any atom is 0.260 e. The second kappa shape index (κ2) is 5.83. The summed E-state index contributed by atoms with van der Waals surface area (Å²) in [6, 6.07) is 13.9. The number of aromatic nitrogens is 1. The van der Waals surface area contributed by atoms with Crippen LogP contribution in [0.1, 0.15) is 11.3 Å². The van der Waals surface area contributed by atoms with Gasteiger partial charge in [-0.25, -0.2) is 4.98 Å². The largest absolute Gasteiger partial charge is 0.482 e. The summed E-state index contributed by atoms with van der Waals surface area (Å²) in [4.78, 5) is 17.8. The first-order chi connectivity index (χ1) is 10.2. The molecule has 1 aromatic heterocycles. The van der Waals surface area contributed by atoms with Gasteiger partial charge in [0.05, 0.1) is 6.54 Å². The van der Waals surface area contributed by atoms with Crippen LogP contribution in [0.4, 0.5) is 5.82 Å². The Hall–Kier alpha value is -2.56. The number of anilines is 1. The second-order valence-electron chi connectivity index (χ2n) is 5.02. The molecule has 0 saturated heterocycles. The Labute approximate surface area is 123 Å². The third kappa shape index (κ3) is 3.13. The van der Waals surface area contributed by atoms with Crippen LogP contribution < -0.4 is 10.1 Å². The number of rotatable bonds is 3. The smallest absolute Gasteiger partial charge is 0.260 e. The average molecular weight is 283 g/mol. The van der Waals surface area contributed by atoms with Gasteiger partial charge in [0.15, 0.2) is 6.61 Å². The van der Waals surface area contributed by atoms with Crippen LogP contribution in [0.25, 0.3) is 0 Å². The lowest BCUT2D eigenvalue weighted by Crippen LogP contribution is -2.28. The molecule has 1 aromatic carbocycles. The fourth-order valence-electron chi connectivity index (χ4n) is 2.18. The van der Waals surface area contributed by atoms with Gasteiger partial charge in [0.1, 0.15) is 17.3 Å². The van der Waals surface area contributed by atoms with Gasteiger partial charge >= 0.3 is 0 Å². The molecule has 3 rings (SSSR count). The number of nitrogens with zero attached hydrogens (tertiary/aromatic N) is 2. The van der Waals surface area contributed by atoms with E-state index < -0.39 is 0 Å². The van der Waals surface area contributed by atoms with Crippen molar-refractivity contribution in [1.29, 1.82) is 0 Å². The molecule has 0 bridgehead atoms. The van der Waals surface area contributed by atoms with Crippen molar-refractivity contribution in [1.82, 2.24) is 9.88 Å². The van der Waals surface area contributed by atoms with E-state index in [1.165, 1.54) is 5.56 Å². The minimum absolute atomic E-state index is 0.0354. The van der Waals surface area contributed by atoms with Crippen LogP contribution >= 0.6 is 0 Å². The van der Waals surface area contributed by atoms with Crippen molar-refractivity contribution in [2.24, 2.45) is 0 Å². The molecule has 2 aromatic rings. The molecule has 0 radical (unpaired) electrons. The number of hydrogen-bond acceptors (Lipinski definition) is 4. The van der Waals surface area contributed by atoms with Crippen molar-refractivity contribution in [2.45, 2.75) is 13.1 Å². The van der Waals surface area contributed by atoms with E-state index in [1.807, 2.05) is 30.3 Å². The fourth-order valence-corrected chi connectivity index (χ4v) is 2.18. The first kappa shape index (κ1) is 13.4. The SMILES string of the molecule is CN1Cc2nc(NCc3ccccc3)ccc2OCC1=O. The Morgan fingerprint density at radius 1 is 1.24 bits per heavy atom. The Kier molecular flexibility index (Phi) is 3.73. The number of carbonyl (C=O) groups excluding carboxylic acids is 1. The molecule has 108 valence electrons. The molecule has 2 heterocycles. The minimum atomic E-state index is -0.0354. The number of carbonyl (C=O) groups is 1. The van der Waals surface area contributed by atoms with Gasteiger partial charge in [-0.15, -0.1) is 0 Å². The molecule has 0 spiro atoms. The molecule has 5 nitrogen and oxygen atoms in total. The number of fused-ring (bicyclic) bond motifs is 1. The highest BCUT2D eigenvalue weighted by atomic mass is 16.5. The van der Waals surface area contributed by atoms with Gasteiger partial charge < -0.3 is 15.0 Å². The van der Waals surface area contributed by atoms with E-state index in [0.29, 0.717) is 18.8 Å². The monoisotopic (exact) mass is 283 g/mol. The normalized spacial score (nSPS) is 14.1. The molecule has 5 heteroatoms. The highest BCUT2D eigenvalue weighted by Gasteiger charge is 2.19. The van der Waals surface area contributed by atoms with Crippen molar-refractivity contribution in [3.8, 4) is 5.75 Å². The summed E-state index contributed by atoms with van der Waals surface area (Å²) >= 11 is 0. The summed E-state index contributed by atoms with van der Waals surface area (Å²) in [5, 5.41) is 3.29. The van der Waals surface area contributed by atoms with E-state index in [0.717, 1.165) is 11.5 Å². The van der Waals surface area contributed by atoms with Crippen LogP contribution in [0.3, 0.4) is 0 Å². The van der Waals surface area contributed by atoms with Crippen molar-refractivity contribution in [3.05, 3.63) is 53.7 Å². The van der Waals surface area contributed by atoms with Gasteiger partial charge in [-0.05, 0) is 17.7 Å². The van der Waals surface area contributed by atoms with E-state index in [4.69, 9.17) is 4.74 Å². The predicted octanol–water partition coefficient (Wildman–Crippen LogP) is 2.04. The number of benzene rings is 1. The van der Waals surface area contributed by atoms with E-state index in [9.17, 15) is 4.79 Å². The van der Waals surface area contributed by atoms with Gasteiger partial charge in [-0.1, -0.05) is 30.3 Å². The highest BCUT2D eigenvalue weighted by Crippen LogP contribution is 2.23. The minimum Gasteiger partial charge on any atom is -0.482 e. The molecule has 0 aliphatic carbocycles. The van der Waals surface area contributed by atoms with Crippen LogP contribution in [0.15, 0.2) is 42.5 Å². The third-order valence-electron chi connectivity index (χ3n) is 3.41. The van der Waals surface area contributed by atoms with Crippen LogP contribution in [0, 0.1) is 0 Å². The number of ether oxygens (including phenoxy) is 1. The highest BCUT2D eigenvalue weighted by molar-refractivity contribution is 5.78. The Balaban J connectivity index is 1.74. The molecule has 1 aliphatic heterocycles. The second-order valence-corrected chi connectivity index (χ2v) is 5.02. The van der Waals surface area contributed by atoms with E-state index in [-0.39, 0.29) is 12.5 Å². The van der Waals surface area contributed by atoms with Crippen LogP contribution in [-0.4, -0.2) is 29.4 Å². The van der Waals surface area contributed by atoms with Gasteiger partial charge in [-0.3, -0.25) is 4.79 Å². The zero-order valence-corrected chi connectivity index (χ0v) is 11.9.